The fraction of sp³-hybridized carbons (Fsp3) is 0.263. The number of aliphatic imine (C=N–C) groups is 1. The van der Waals surface area contributed by atoms with Crippen molar-refractivity contribution in [3.8, 4) is 10.6 Å². The highest BCUT2D eigenvalue weighted by Crippen LogP contribution is 2.32. The van der Waals surface area contributed by atoms with Crippen LogP contribution in [0.15, 0.2) is 47.6 Å². The van der Waals surface area contributed by atoms with Gasteiger partial charge in [-0.3, -0.25) is 4.99 Å². The molecule has 130 valence electrons. The van der Waals surface area contributed by atoms with Crippen LogP contribution in [-0.2, 0) is 0 Å². The third-order valence-electron chi connectivity index (χ3n) is 3.93. The van der Waals surface area contributed by atoms with Crippen molar-refractivity contribution in [1.29, 1.82) is 0 Å². The summed E-state index contributed by atoms with van der Waals surface area (Å²) in [5, 5.41) is 10.2. The SMILES string of the molecule is CC(CO)CCN=C(N)/C=C\c1ncc(-c2cc3ccccc3s2)[nH]1. The maximum atomic E-state index is 8.99. The van der Waals surface area contributed by atoms with Crippen LogP contribution >= 0.6 is 11.3 Å². The predicted octanol–water partition coefficient (Wildman–Crippen LogP) is 3.68. The third kappa shape index (κ3) is 4.55. The van der Waals surface area contributed by atoms with Crippen LogP contribution in [0.2, 0.25) is 0 Å². The first-order chi connectivity index (χ1) is 12.2. The summed E-state index contributed by atoms with van der Waals surface area (Å²) in [5.41, 5.74) is 6.87. The van der Waals surface area contributed by atoms with E-state index >= 15 is 0 Å². The first kappa shape index (κ1) is 17.4. The number of imidazole rings is 1. The van der Waals surface area contributed by atoms with E-state index in [0.29, 0.717) is 12.4 Å². The van der Waals surface area contributed by atoms with Crippen LogP contribution < -0.4 is 5.73 Å². The molecule has 0 fully saturated rings. The van der Waals surface area contributed by atoms with Crippen molar-refractivity contribution in [2.75, 3.05) is 13.2 Å². The number of aliphatic hydroxyl groups excluding tert-OH is 1. The largest absolute Gasteiger partial charge is 0.396 e. The highest BCUT2D eigenvalue weighted by atomic mass is 32.1. The number of hydrogen-bond donors (Lipinski definition) is 3. The van der Waals surface area contributed by atoms with Gasteiger partial charge in [-0.25, -0.2) is 4.98 Å². The maximum Gasteiger partial charge on any atom is 0.130 e. The second-order valence-corrected chi connectivity index (χ2v) is 7.13. The number of hydrogen-bond acceptors (Lipinski definition) is 4. The molecule has 0 spiro atoms. The lowest BCUT2D eigenvalue weighted by Crippen LogP contribution is -2.10. The summed E-state index contributed by atoms with van der Waals surface area (Å²) in [7, 11) is 0. The van der Waals surface area contributed by atoms with Gasteiger partial charge in [0.2, 0.25) is 0 Å². The molecule has 3 rings (SSSR count). The Morgan fingerprint density at radius 3 is 3.08 bits per heavy atom. The van der Waals surface area contributed by atoms with Crippen molar-refractivity contribution in [2.45, 2.75) is 13.3 Å². The van der Waals surface area contributed by atoms with Crippen LogP contribution in [0.3, 0.4) is 0 Å². The van der Waals surface area contributed by atoms with E-state index in [-0.39, 0.29) is 12.5 Å². The summed E-state index contributed by atoms with van der Waals surface area (Å²) in [4.78, 5) is 13.1. The average Bonchev–Trinajstić information content (AvgIpc) is 3.26. The highest BCUT2D eigenvalue weighted by Gasteiger charge is 2.06. The monoisotopic (exact) mass is 354 g/mol. The van der Waals surface area contributed by atoms with Crippen LogP contribution in [0.1, 0.15) is 19.2 Å². The minimum atomic E-state index is 0.179. The Hall–Kier alpha value is -2.44. The van der Waals surface area contributed by atoms with Gasteiger partial charge in [-0.15, -0.1) is 11.3 Å². The first-order valence-electron chi connectivity index (χ1n) is 8.28. The van der Waals surface area contributed by atoms with Gasteiger partial charge in [0.15, 0.2) is 0 Å². The van der Waals surface area contributed by atoms with Crippen molar-refractivity contribution in [3.63, 3.8) is 0 Å². The molecule has 1 unspecified atom stereocenters. The lowest BCUT2D eigenvalue weighted by Gasteiger charge is -2.03. The molecular weight excluding hydrogens is 332 g/mol. The van der Waals surface area contributed by atoms with Gasteiger partial charge in [0, 0.05) is 17.9 Å². The Bertz CT molecular complexity index is 861. The third-order valence-corrected chi connectivity index (χ3v) is 5.08. The average molecular weight is 354 g/mol. The molecule has 0 saturated heterocycles. The molecule has 3 aromatic rings. The number of fused-ring (bicyclic) bond motifs is 1. The van der Waals surface area contributed by atoms with Crippen LogP contribution in [0.4, 0.5) is 0 Å². The molecule has 25 heavy (non-hydrogen) atoms. The normalized spacial score (nSPS) is 13.8. The summed E-state index contributed by atoms with van der Waals surface area (Å²) in [6.07, 6.45) is 6.23. The molecule has 0 bridgehead atoms. The lowest BCUT2D eigenvalue weighted by molar-refractivity contribution is 0.232. The first-order valence-corrected chi connectivity index (χ1v) is 9.10. The van der Waals surface area contributed by atoms with Gasteiger partial charge in [-0.2, -0.15) is 0 Å². The minimum Gasteiger partial charge on any atom is -0.396 e. The van der Waals surface area contributed by atoms with E-state index in [4.69, 9.17) is 10.8 Å². The van der Waals surface area contributed by atoms with Crippen LogP contribution in [0.5, 0.6) is 0 Å². The molecule has 4 N–H and O–H groups in total. The Balaban J connectivity index is 1.66. The van der Waals surface area contributed by atoms with E-state index in [0.717, 1.165) is 22.8 Å². The van der Waals surface area contributed by atoms with Gasteiger partial charge in [-0.1, -0.05) is 25.1 Å². The van der Waals surface area contributed by atoms with Crippen molar-refractivity contribution in [3.05, 3.63) is 48.4 Å². The second kappa shape index (κ2) is 8.09. The summed E-state index contributed by atoms with van der Waals surface area (Å²) in [6.45, 7) is 2.78. The van der Waals surface area contributed by atoms with Gasteiger partial charge in [0.05, 0.1) is 16.8 Å². The van der Waals surface area contributed by atoms with Gasteiger partial charge in [-0.05, 0) is 42.0 Å². The number of thiophene rings is 1. The van der Waals surface area contributed by atoms with Crippen molar-refractivity contribution in [2.24, 2.45) is 16.6 Å². The number of benzene rings is 1. The van der Waals surface area contributed by atoms with Crippen molar-refractivity contribution < 1.29 is 5.11 Å². The fourth-order valence-electron chi connectivity index (χ4n) is 2.38. The second-order valence-electron chi connectivity index (χ2n) is 6.05. The number of nitrogens with one attached hydrogen (secondary N) is 1. The number of rotatable bonds is 7. The Morgan fingerprint density at radius 1 is 1.44 bits per heavy atom. The van der Waals surface area contributed by atoms with E-state index in [9.17, 15) is 0 Å². The number of aliphatic hydroxyl groups is 1. The summed E-state index contributed by atoms with van der Waals surface area (Å²) in [6, 6.07) is 10.5. The lowest BCUT2D eigenvalue weighted by atomic mass is 10.1. The Labute approximate surface area is 150 Å². The zero-order chi connectivity index (χ0) is 17.6. The predicted molar refractivity (Wildman–Crippen MR) is 106 cm³/mol. The van der Waals surface area contributed by atoms with Gasteiger partial charge < -0.3 is 15.8 Å². The fourth-order valence-corrected chi connectivity index (χ4v) is 3.41. The molecule has 2 heterocycles. The van der Waals surface area contributed by atoms with E-state index < -0.39 is 0 Å². The summed E-state index contributed by atoms with van der Waals surface area (Å²) < 4.78 is 1.26. The maximum absolute atomic E-state index is 8.99. The standard InChI is InChI=1S/C19H22N4OS/c1-13(12-24)8-9-21-18(20)6-7-19-22-11-15(23-19)17-10-14-4-2-3-5-16(14)25-17/h2-7,10-11,13,24H,8-9,12H2,1H3,(H2,20,21)(H,22,23)/b7-6-. The van der Waals surface area contributed by atoms with Crippen LogP contribution in [0.25, 0.3) is 26.7 Å². The van der Waals surface area contributed by atoms with E-state index in [1.54, 1.807) is 17.4 Å². The number of aromatic amines is 1. The molecule has 5 nitrogen and oxygen atoms in total. The van der Waals surface area contributed by atoms with E-state index in [1.807, 2.05) is 31.3 Å². The smallest absolute Gasteiger partial charge is 0.130 e. The van der Waals surface area contributed by atoms with E-state index in [1.165, 1.54) is 10.1 Å². The summed E-state index contributed by atoms with van der Waals surface area (Å²) in [5.74, 6) is 1.45. The summed E-state index contributed by atoms with van der Waals surface area (Å²) >= 11 is 1.74. The molecule has 2 aromatic heterocycles. The Morgan fingerprint density at radius 2 is 2.28 bits per heavy atom. The molecule has 0 aliphatic carbocycles. The molecule has 6 heteroatoms. The molecule has 0 saturated carbocycles. The quantitative estimate of drug-likeness (QED) is 0.447. The number of nitrogens with zero attached hydrogens (tertiary/aromatic N) is 2. The molecule has 0 aliphatic rings. The highest BCUT2D eigenvalue weighted by molar-refractivity contribution is 7.22. The molecule has 0 amide bonds. The van der Waals surface area contributed by atoms with Gasteiger partial charge in [0.25, 0.3) is 0 Å². The molecule has 0 radical (unpaired) electrons. The van der Waals surface area contributed by atoms with Crippen molar-refractivity contribution >= 4 is 33.3 Å². The molecule has 0 aliphatic heterocycles. The minimum absolute atomic E-state index is 0.179. The zero-order valence-electron chi connectivity index (χ0n) is 14.1. The number of nitrogens with two attached hydrogens (primary N) is 1. The zero-order valence-corrected chi connectivity index (χ0v) is 15.0. The van der Waals surface area contributed by atoms with Gasteiger partial charge in [0.1, 0.15) is 11.7 Å². The molecular formula is C19H22N4OS. The number of amidine groups is 1. The van der Waals surface area contributed by atoms with E-state index in [2.05, 4.69) is 33.2 Å². The number of aromatic nitrogens is 2. The topological polar surface area (TPSA) is 87.3 Å². The number of H-pyrrole nitrogens is 1. The molecule has 1 aromatic carbocycles. The molecule has 1 atom stereocenters. The van der Waals surface area contributed by atoms with Crippen LogP contribution in [-0.4, -0.2) is 34.1 Å². The van der Waals surface area contributed by atoms with Gasteiger partial charge >= 0.3 is 0 Å². The van der Waals surface area contributed by atoms with Crippen molar-refractivity contribution in [1.82, 2.24) is 9.97 Å². The van der Waals surface area contributed by atoms with Crippen LogP contribution in [0, 0.1) is 5.92 Å². The Kier molecular flexibility index (Phi) is 5.63.